The summed E-state index contributed by atoms with van der Waals surface area (Å²) >= 11 is 0. The summed E-state index contributed by atoms with van der Waals surface area (Å²) in [5.74, 6) is 0.316. The maximum atomic E-state index is 15.2. The Balaban J connectivity index is 1.62. The van der Waals surface area contributed by atoms with E-state index in [-0.39, 0.29) is 6.54 Å². The standard InChI is InChI=1S/C29H30FN7O2/c1-35(2)23-10-13-36(14-11-23)28-34-26(20-6-4-19(17-31)5-7-20)25(27-32-12-15-37(27)28)21-8-9-22(24(30)16-21)18-33-29(38)39-3/h4-9,12,15-16,23H,10-11,13-14,18H2,1-3H3,(H,33,38). The third kappa shape index (κ3) is 5.26. The van der Waals surface area contributed by atoms with Crippen LogP contribution in [0.5, 0.6) is 0 Å². The van der Waals surface area contributed by atoms with Gasteiger partial charge in [0.1, 0.15) is 11.5 Å². The molecule has 9 nitrogen and oxygen atoms in total. The number of hydrogen-bond acceptors (Lipinski definition) is 7. The lowest BCUT2D eigenvalue weighted by atomic mass is 9.98. The molecule has 2 aromatic carbocycles. The molecule has 2 aromatic heterocycles. The van der Waals surface area contributed by atoms with Gasteiger partial charge in [-0.15, -0.1) is 0 Å². The minimum atomic E-state index is -0.630. The fourth-order valence-corrected chi connectivity index (χ4v) is 5.03. The zero-order valence-electron chi connectivity index (χ0n) is 22.2. The molecule has 39 heavy (non-hydrogen) atoms. The van der Waals surface area contributed by atoms with Gasteiger partial charge in [0.25, 0.3) is 0 Å². The number of halogens is 1. The number of nitrogens with zero attached hydrogens (tertiary/aromatic N) is 6. The fourth-order valence-electron chi connectivity index (χ4n) is 5.03. The lowest BCUT2D eigenvalue weighted by Crippen LogP contribution is -2.43. The summed E-state index contributed by atoms with van der Waals surface area (Å²) < 4.78 is 21.8. The van der Waals surface area contributed by atoms with E-state index in [2.05, 4.69) is 45.0 Å². The lowest BCUT2D eigenvalue weighted by molar-refractivity contribution is 0.170. The Labute approximate surface area is 226 Å². The van der Waals surface area contributed by atoms with Crippen molar-refractivity contribution in [1.82, 2.24) is 24.6 Å². The van der Waals surface area contributed by atoms with E-state index in [1.165, 1.54) is 13.2 Å². The van der Waals surface area contributed by atoms with Crippen LogP contribution in [0, 0.1) is 17.1 Å². The molecule has 1 N–H and O–H groups in total. The van der Waals surface area contributed by atoms with Gasteiger partial charge in [0, 0.05) is 49.2 Å². The van der Waals surface area contributed by atoms with Crippen molar-refractivity contribution in [3.05, 3.63) is 71.8 Å². The third-order valence-electron chi connectivity index (χ3n) is 7.24. The van der Waals surface area contributed by atoms with Crippen LogP contribution in [0.15, 0.2) is 54.9 Å². The van der Waals surface area contributed by atoms with Gasteiger partial charge >= 0.3 is 6.09 Å². The monoisotopic (exact) mass is 527 g/mol. The van der Waals surface area contributed by atoms with Crippen LogP contribution in [0.25, 0.3) is 28.0 Å². The van der Waals surface area contributed by atoms with E-state index in [0.29, 0.717) is 39.6 Å². The van der Waals surface area contributed by atoms with Crippen molar-refractivity contribution in [2.24, 2.45) is 0 Å². The van der Waals surface area contributed by atoms with E-state index in [4.69, 9.17) is 4.98 Å². The molecular weight excluding hydrogens is 497 g/mol. The lowest BCUT2D eigenvalue weighted by Gasteiger charge is -2.36. The van der Waals surface area contributed by atoms with Crippen LogP contribution in [0.4, 0.5) is 15.1 Å². The normalized spacial score (nSPS) is 14.0. The van der Waals surface area contributed by atoms with E-state index in [1.807, 2.05) is 22.7 Å². The Hall–Kier alpha value is -4.49. The highest BCUT2D eigenvalue weighted by Crippen LogP contribution is 2.37. The first-order valence-electron chi connectivity index (χ1n) is 12.8. The summed E-state index contributed by atoms with van der Waals surface area (Å²) in [5, 5.41) is 11.8. The summed E-state index contributed by atoms with van der Waals surface area (Å²) in [5.41, 5.74) is 4.28. The molecule has 0 unspecified atom stereocenters. The summed E-state index contributed by atoms with van der Waals surface area (Å²) in [6, 6.07) is 14.8. The van der Waals surface area contributed by atoms with Crippen LogP contribution in [0.2, 0.25) is 0 Å². The molecule has 1 amide bonds. The fraction of sp³-hybridized carbons (Fsp3) is 0.310. The zero-order chi connectivity index (χ0) is 27.5. The Morgan fingerprint density at radius 3 is 2.54 bits per heavy atom. The van der Waals surface area contributed by atoms with Gasteiger partial charge in [-0.1, -0.05) is 24.3 Å². The average molecular weight is 528 g/mol. The summed E-state index contributed by atoms with van der Waals surface area (Å²) in [6.45, 7) is 1.71. The van der Waals surface area contributed by atoms with Crippen molar-refractivity contribution in [3.63, 3.8) is 0 Å². The Bertz CT molecular complexity index is 1530. The van der Waals surface area contributed by atoms with Crippen LogP contribution in [0.3, 0.4) is 0 Å². The molecule has 0 aliphatic carbocycles. The van der Waals surface area contributed by atoms with Gasteiger partial charge in [0.05, 0.1) is 30.0 Å². The van der Waals surface area contributed by atoms with Crippen molar-refractivity contribution in [2.45, 2.75) is 25.4 Å². The molecule has 0 atom stereocenters. The number of fused-ring (bicyclic) bond motifs is 1. The van der Waals surface area contributed by atoms with Crippen LogP contribution < -0.4 is 10.2 Å². The number of amides is 1. The molecular formula is C29H30FN7O2. The quantitative estimate of drug-likeness (QED) is 0.395. The molecule has 1 fully saturated rings. The molecule has 4 aromatic rings. The highest BCUT2D eigenvalue weighted by atomic mass is 19.1. The number of hydrogen-bond donors (Lipinski definition) is 1. The second-order valence-electron chi connectivity index (χ2n) is 9.78. The molecule has 0 saturated carbocycles. The minimum absolute atomic E-state index is 0.000143. The second kappa shape index (κ2) is 11.1. The summed E-state index contributed by atoms with van der Waals surface area (Å²) in [4.78, 5) is 25.8. The zero-order valence-corrected chi connectivity index (χ0v) is 22.2. The number of ether oxygens (including phenoxy) is 1. The number of nitriles is 1. The Morgan fingerprint density at radius 2 is 1.90 bits per heavy atom. The number of methoxy groups -OCH3 is 1. The van der Waals surface area contributed by atoms with Crippen LogP contribution in [-0.4, -0.2) is 65.7 Å². The molecule has 1 saturated heterocycles. The molecule has 1 aliphatic heterocycles. The molecule has 200 valence electrons. The smallest absolute Gasteiger partial charge is 0.407 e. The number of piperidine rings is 1. The first-order chi connectivity index (χ1) is 18.9. The molecule has 0 bridgehead atoms. The number of anilines is 1. The number of imidazole rings is 1. The Kier molecular flexibility index (Phi) is 7.43. The van der Waals surface area contributed by atoms with Crippen molar-refractivity contribution < 1.29 is 13.9 Å². The molecule has 10 heteroatoms. The molecule has 0 spiro atoms. The predicted octanol–water partition coefficient (Wildman–Crippen LogP) is 4.46. The number of carbonyl (C=O) groups excluding carboxylic acids is 1. The molecule has 1 aliphatic rings. The number of rotatable bonds is 6. The summed E-state index contributed by atoms with van der Waals surface area (Å²) in [7, 11) is 5.48. The molecule has 3 heterocycles. The number of carbonyl (C=O) groups is 1. The topological polar surface area (TPSA) is 98.8 Å². The second-order valence-corrected chi connectivity index (χ2v) is 9.78. The van der Waals surface area contributed by atoms with E-state index in [9.17, 15) is 10.1 Å². The van der Waals surface area contributed by atoms with Crippen LogP contribution in [0.1, 0.15) is 24.0 Å². The number of nitrogens with one attached hydrogen (secondary N) is 1. The highest BCUT2D eigenvalue weighted by Gasteiger charge is 2.26. The third-order valence-corrected chi connectivity index (χ3v) is 7.24. The number of aromatic nitrogens is 3. The maximum absolute atomic E-state index is 15.2. The van der Waals surface area contributed by atoms with Crippen molar-refractivity contribution >= 4 is 17.7 Å². The van der Waals surface area contributed by atoms with E-state index >= 15 is 4.39 Å². The minimum Gasteiger partial charge on any atom is -0.453 e. The predicted molar refractivity (Wildman–Crippen MR) is 147 cm³/mol. The van der Waals surface area contributed by atoms with Crippen molar-refractivity contribution in [3.8, 4) is 28.5 Å². The highest BCUT2D eigenvalue weighted by molar-refractivity contribution is 5.91. The van der Waals surface area contributed by atoms with Crippen LogP contribution in [-0.2, 0) is 11.3 Å². The SMILES string of the molecule is COC(=O)NCc1ccc(-c2c(-c3ccc(C#N)cc3)nc(N3CCC(N(C)C)CC3)n3ccnc23)cc1F. The van der Waals surface area contributed by atoms with E-state index in [0.717, 1.165) is 37.4 Å². The number of benzene rings is 2. The largest absolute Gasteiger partial charge is 0.453 e. The van der Waals surface area contributed by atoms with Gasteiger partial charge in [0.2, 0.25) is 5.95 Å². The summed E-state index contributed by atoms with van der Waals surface area (Å²) in [6.07, 6.45) is 5.02. The maximum Gasteiger partial charge on any atom is 0.407 e. The van der Waals surface area contributed by atoms with E-state index in [1.54, 1.807) is 30.5 Å². The van der Waals surface area contributed by atoms with Gasteiger partial charge in [-0.2, -0.15) is 5.26 Å². The first-order valence-corrected chi connectivity index (χ1v) is 12.8. The van der Waals surface area contributed by atoms with Crippen molar-refractivity contribution in [1.29, 1.82) is 5.26 Å². The first kappa shape index (κ1) is 26.1. The van der Waals surface area contributed by atoms with Gasteiger partial charge in [-0.25, -0.2) is 19.2 Å². The van der Waals surface area contributed by atoms with Crippen LogP contribution >= 0.6 is 0 Å². The van der Waals surface area contributed by atoms with Gasteiger partial charge in [-0.3, -0.25) is 4.40 Å². The van der Waals surface area contributed by atoms with E-state index < -0.39 is 11.9 Å². The molecule has 5 rings (SSSR count). The van der Waals surface area contributed by atoms with Gasteiger partial charge in [-0.05, 0) is 50.7 Å². The average Bonchev–Trinajstić information content (AvgIpc) is 3.45. The molecule has 0 radical (unpaired) electrons. The Morgan fingerprint density at radius 1 is 1.18 bits per heavy atom. The van der Waals surface area contributed by atoms with Crippen molar-refractivity contribution in [2.75, 3.05) is 39.2 Å². The number of alkyl carbamates (subject to hydrolysis) is 1. The van der Waals surface area contributed by atoms with Gasteiger partial charge < -0.3 is 19.9 Å². The van der Waals surface area contributed by atoms with Gasteiger partial charge in [0.15, 0.2) is 0 Å².